The quantitative estimate of drug-likeness (QED) is 0.936. The number of benzene rings is 1. The van der Waals surface area contributed by atoms with Gasteiger partial charge in [0, 0.05) is 13.1 Å². The average Bonchev–Trinajstić information content (AvgIpc) is 2.97. The van der Waals surface area contributed by atoms with E-state index in [1.54, 1.807) is 24.4 Å². The number of piperidine rings is 1. The summed E-state index contributed by atoms with van der Waals surface area (Å²) in [6, 6.07) is 6.45. The molecule has 3 rings (SSSR count). The summed E-state index contributed by atoms with van der Waals surface area (Å²) in [5.41, 5.74) is 1.57. The van der Waals surface area contributed by atoms with Gasteiger partial charge in [0.25, 0.3) is 5.91 Å². The van der Waals surface area contributed by atoms with Crippen molar-refractivity contribution in [3.8, 4) is 5.69 Å². The van der Waals surface area contributed by atoms with E-state index >= 15 is 0 Å². The van der Waals surface area contributed by atoms with Crippen LogP contribution in [0.2, 0.25) is 0 Å². The van der Waals surface area contributed by atoms with Gasteiger partial charge in [0.1, 0.15) is 11.5 Å². The number of hydrogen-bond donors (Lipinski definition) is 1. The van der Waals surface area contributed by atoms with Gasteiger partial charge in [-0.2, -0.15) is 5.10 Å². The SMILES string of the molecule is CNCC1CCCN(C(=O)c2cnn(-c3ccccc3F)c2C)C1. The van der Waals surface area contributed by atoms with E-state index in [2.05, 4.69) is 10.4 Å². The molecule has 0 saturated carbocycles. The number of rotatable bonds is 4. The molecule has 1 amide bonds. The molecule has 1 aromatic carbocycles. The van der Waals surface area contributed by atoms with E-state index in [4.69, 9.17) is 0 Å². The zero-order chi connectivity index (χ0) is 17.1. The maximum atomic E-state index is 14.0. The van der Waals surface area contributed by atoms with E-state index in [1.807, 2.05) is 18.9 Å². The number of likely N-dealkylation sites (tertiary alicyclic amines) is 1. The van der Waals surface area contributed by atoms with Crippen LogP contribution in [0, 0.1) is 18.7 Å². The molecule has 24 heavy (non-hydrogen) atoms. The predicted octanol–water partition coefficient (Wildman–Crippen LogP) is 2.39. The van der Waals surface area contributed by atoms with Crippen molar-refractivity contribution in [3.63, 3.8) is 0 Å². The Bertz CT molecular complexity index is 726. The third-order valence-corrected chi connectivity index (χ3v) is 4.62. The van der Waals surface area contributed by atoms with Crippen molar-refractivity contribution >= 4 is 5.91 Å². The summed E-state index contributed by atoms with van der Waals surface area (Å²) in [6.45, 7) is 4.24. The molecule has 1 aromatic heterocycles. The number of halogens is 1. The molecule has 0 spiro atoms. The molecule has 1 aliphatic heterocycles. The summed E-state index contributed by atoms with van der Waals surface area (Å²) < 4.78 is 15.5. The minimum atomic E-state index is -0.352. The summed E-state index contributed by atoms with van der Waals surface area (Å²) in [6.07, 6.45) is 3.70. The Morgan fingerprint density at radius 1 is 1.42 bits per heavy atom. The summed E-state index contributed by atoms with van der Waals surface area (Å²) >= 11 is 0. The maximum absolute atomic E-state index is 14.0. The number of carbonyl (C=O) groups excluding carboxylic acids is 1. The molecule has 6 heteroatoms. The van der Waals surface area contributed by atoms with E-state index in [1.165, 1.54) is 10.7 Å². The standard InChI is InChI=1S/C18H23FN4O/c1-13-15(11-21-23(13)17-8-4-3-7-16(17)19)18(24)22-9-5-6-14(12-22)10-20-2/h3-4,7-8,11,14,20H,5-6,9-10,12H2,1-2H3. The lowest BCUT2D eigenvalue weighted by atomic mass is 9.97. The summed E-state index contributed by atoms with van der Waals surface area (Å²) in [5, 5.41) is 7.42. The molecule has 1 atom stereocenters. The molecule has 0 bridgehead atoms. The lowest BCUT2D eigenvalue weighted by Crippen LogP contribution is -2.42. The van der Waals surface area contributed by atoms with Crippen LogP contribution >= 0.6 is 0 Å². The number of nitrogens with zero attached hydrogens (tertiary/aromatic N) is 3. The molecule has 0 radical (unpaired) electrons. The molecular formula is C18H23FN4O. The van der Waals surface area contributed by atoms with Crippen LogP contribution < -0.4 is 5.32 Å². The minimum Gasteiger partial charge on any atom is -0.338 e. The molecule has 1 aliphatic rings. The molecule has 1 fully saturated rings. The van der Waals surface area contributed by atoms with Gasteiger partial charge >= 0.3 is 0 Å². The highest BCUT2D eigenvalue weighted by atomic mass is 19.1. The third-order valence-electron chi connectivity index (χ3n) is 4.62. The Balaban J connectivity index is 1.83. The molecular weight excluding hydrogens is 307 g/mol. The normalized spacial score (nSPS) is 18.0. The van der Waals surface area contributed by atoms with Gasteiger partial charge in [-0.15, -0.1) is 0 Å². The van der Waals surface area contributed by atoms with Gasteiger partial charge in [0.05, 0.1) is 17.5 Å². The fraction of sp³-hybridized carbons (Fsp3) is 0.444. The van der Waals surface area contributed by atoms with Crippen LogP contribution in [0.5, 0.6) is 0 Å². The Hall–Kier alpha value is -2.21. The molecule has 1 N–H and O–H groups in total. The van der Waals surface area contributed by atoms with Crippen LogP contribution in [0.1, 0.15) is 28.9 Å². The van der Waals surface area contributed by atoms with E-state index in [0.717, 1.165) is 32.5 Å². The van der Waals surface area contributed by atoms with E-state index in [-0.39, 0.29) is 11.7 Å². The average molecular weight is 330 g/mol. The van der Waals surface area contributed by atoms with E-state index in [9.17, 15) is 9.18 Å². The molecule has 0 aliphatic carbocycles. The van der Waals surface area contributed by atoms with Gasteiger partial charge < -0.3 is 10.2 Å². The van der Waals surface area contributed by atoms with Gasteiger partial charge in [0.15, 0.2) is 0 Å². The van der Waals surface area contributed by atoms with Crippen LogP contribution in [0.15, 0.2) is 30.5 Å². The third kappa shape index (κ3) is 3.19. The second kappa shape index (κ2) is 7.13. The van der Waals surface area contributed by atoms with Crippen LogP contribution in [-0.4, -0.2) is 47.3 Å². The molecule has 128 valence electrons. The Kier molecular flexibility index (Phi) is 4.94. The maximum Gasteiger partial charge on any atom is 0.257 e. The van der Waals surface area contributed by atoms with Crippen LogP contribution in [0.25, 0.3) is 5.69 Å². The monoisotopic (exact) mass is 330 g/mol. The van der Waals surface area contributed by atoms with Crippen molar-refractivity contribution in [2.45, 2.75) is 19.8 Å². The van der Waals surface area contributed by atoms with Gasteiger partial charge in [-0.25, -0.2) is 9.07 Å². The van der Waals surface area contributed by atoms with Gasteiger partial charge in [-0.05, 0) is 51.4 Å². The van der Waals surface area contributed by atoms with Crippen LogP contribution in [-0.2, 0) is 0 Å². The summed E-state index contributed by atoms with van der Waals surface area (Å²) in [4.78, 5) is 14.7. The van der Waals surface area contributed by atoms with Crippen molar-refractivity contribution in [3.05, 3.63) is 47.5 Å². The number of carbonyl (C=O) groups is 1. The van der Waals surface area contributed by atoms with Crippen molar-refractivity contribution in [1.29, 1.82) is 0 Å². The lowest BCUT2D eigenvalue weighted by molar-refractivity contribution is 0.0673. The molecule has 1 saturated heterocycles. The number of hydrogen-bond acceptors (Lipinski definition) is 3. The number of para-hydroxylation sites is 1. The first kappa shape index (κ1) is 16.6. The van der Waals surface area contributed by atoms with Crippen molar-refractivity contribution < 1.29 is 9.18 Å². The zero-order valence-electron chi connectivity index (χ0n) is 14.1. The van der Waals surface area contributed by atoms with Crippen LogP contribution in [0.4, 0.5) is 4.39 Å². The van der Waals surface area contributed by atoms with Gasteiger partial charge in [-0.3, -0.25) is 4.79 Å². The molecule has 1 unspecified atom stereocenters. The zero-order valence-corrected chi connectivity index (χ0v) is 14.1. The second-order valence-electron chi connectivity index (χ2n) is 6.32. The molecule has 5 nitrogen and oxygen atoms in total. The Morgan fingerprint density at radius 2 is 2.21 bits per heavy atom. The van der Waals surface area contributed by atoms with Gasteiger partial charge in [0.2, 0.25) is 0 Å². The minimum absolute atomic E-state index is 0.0177. The van der Waals surface area contributed by atoms with Crippen molar-refractivity contribution in [2.24, 2.45) is 5.92 Å². The van der Waals surface area contributed by atoms with E-state index in [0.29, 0.717) is 22.9 Å². The van der Waals surface area contributed by atoms with Crippen molar-refractivity contribution in [1.82, 2.24) is 20.0 Å². The van der Waals surface area contributed by atoms with Crippen LogP contribution in [0.3, 0.4) is 0 Å². The molecule has 2 aromatic rings. The van der Waals surface area contributed by atoms with E-state index < -0.39 is 0 Å². The second-order valence-corrected chi connectivity index (χ2v) is 6.32. The number of amides is 1. The predicted molar refractivity (Wildman–Crippen MR) is 90.8 cm³/mol. The van der Waals surface area contributed by atoms with Crippen molar-refractivity contribution in [2.75, 3.05) is 26.7 Å². The highest BCUT2D eigenvalue weighted by molar-refractivity contribution is 5.95. The fourth-order valence-corrected chi connectivity index (χ4v) is 3.36. The smallest absolute Gasteiger partial charge is 0.257 e. The first-order valence-electron chi connectivity index (χ1n) is 8.35. The molecule has 2 heterocycles. The summed E-state index contributed by atoms with van der Waals surface area (Å²) in [7, 11) is 1.93. The summed E-state index contributed by atoms with van der Waals surface area (Å²) in [5.74, 6) is 0.111. The topological polar surface area (TPSA) is 50.2 Å². The first-order chi connectivity index (χ1) is 11.6. The highest BCUT2D eigenvalue weighted by Crippen LogP contribution is 2.21. The lowest BCUT2D eigenvalue weighted by Gasteiger charge is -2.32. The Labute approximate surface area is 141 Å². The Morgan fingerprint density at radius 3 is 2.96 bits per heavy atom. The fourth-order valence-electron chi connectivity index (χ4n) is 3.36. The van der Waals surface area contributed by atoms with Gasteiger partial charge in [-0.1, -0.05) is 12.1 Å². The number of nitrogens with one attached hydrogen (secondary N) is 1. The number of aromatic nitrogens is 2. The largest absolute Gasteiger partial charge is 0.338 e. The first-order valence-corrected chi connectivity index (χ1v) is 8.35. The highest BCUT2D eigenvalue weighted by Gasteiger charge is 2.26.